The van der Waals surface area contributed by atoms with Gasteiger partial charge in [0, 0.05) is 25.2 Å². The number of nitrogens with zero attached hydrogens (tertiary/aromatic N) is 3. The summed E-state index contributed by atoms with van der Waals surface area (Å²) in [5, 5.41) is 5.42. The molecule has 2 rings (SSSR count). The van der Waals surface area contributed by atoms with Gasteiger partial charge < -0.3 is 10.2 Å². The molecule has 2 aromatic heterocycles. The van der Waals surface area contributed by atoms with Crippen molar-refractivity contribution in [3.05, 3.63) is 34.2 Å². The fourth-order valence-corrected chi connectivity index (χ4v) is 2.26. The van der Waals surface area contributed by atoms with Gasteiger partial charge in [-0.05, 0) is 30.0 Å². The van der Waals surface area contributed by atoms with Crippen molar-refractivity contribution in [2.24, 2.45) is 0 Å². The first-order valence-corrected chi connectivity index (χ1v) is 6.32. The summed E-state index contributed by atoms with van der Waals surface area (Å²) < 4.78 is 0. The Bertz CT molecular complexity index is 493. The minimum absolute atomic E-state index is 0.720. The highest BCUT2D eigenvalue weighted by atomic mass is 32.1. The Hall–Kier alpha value is -1.62. The van der Waals surface area contributed by atoms with Crippen LogP contribution in [0.1, 0.15) is 10.4 Å². The van der Waals surface area contributed by atoms with Gasteiger partial charge in [0.1, 0.15) is 5.82 Å². The Kier molecular flexibility index (Phi) is 3.58. The van der Waals surface area contributed by atoms with Crippen molar-refractivity contribution in [1.82, 2.24) is 9.97 Å². The third kappa shape index (κ3) is 2.94. The molecule has 4 nitrogen and oxygen atoms in total. The lowest BCUT2D eigenvalue weighted by molar-refractivity contribution is 0.989. The molecule has 0 fully saturated rings. The van der Waals surface area contributed by atoms with E-state index in [0.717, 1.165) is 18.3 Å². The maximum absolute atomic E-state index is 4.41. The molecule has 0 saturated carbocycles. The Labute approximate surface area is 105 Å². The third-order valence-electron chi connectivity index (χ3n) is 2.44. The molecule has 1 N–H and O–H groups in total. The van der Waals surface area contributed by atoms with E-state index < -0.39 is 0 Å². The molecule has 0 aliphatic rings. The molecule has 5 heteroatoms. The van der Waals surface area contributed by atoms with Crippen LogP contribution in [0.15, 0.2) is 23.7 Å². The van der Waals surface area contributed by atoms with Crippen molar-refractivity contribution >= 4 is 23.1 Å². The second-order valence-electron chi connectivity index (χ2n) is 4.02. The van der Waals surface area contributed by atoms with Crippen LogP contribution in [0.4, 0.5) is 11.8 Å². The highest BCUT2D eigenvalue weighted by Crippen LogP contribution is 2.17. The molecule has 0 atom stereocenters. The number of nitrogens with one attached hydrogen (secondary N) is 1. The monoisotopic (exact) mass is 248 g/mol. The van der Waals surface area contributed by atoms with Crippen molar-refractivity contribution in [3.63, 3.8) is 0 Å². The first kappa shape index (κ1) is 11.9. The highest BCUT2D eigenvalue weighted by molar-refractivity contribution is 7.10. The van der Waals surface area contributed by atoms with E-state index in [4.69, 9.17) is 0 Å². The van der Waals surface area contributed by atoms with E-state index in [9.17, 15) is 0 Å². The Morgan fingerprint density at radius 3 is 2.82 bits per heavy atom. The van der Waals surface area contributed by atoms with Gasteiger partial charge >= 0.3 is 0 Å². The maximum Gasteiger partial charge on any atom is 0.226 e. The number of thiophene rings is 1. The molecular weight excluding hydrogens is 232 g/mol. The van der Waals surface area contributed by atoms with Crippen LogP contribution in [0.5, 0.6) is 0 Å². The van der Waals surface area contributed by atoms with Crippen LogP contribution in [0.2, 0.25) is 0 Å². The van der Waals surface area contributed by atoms with E-state index in [1.165, 1.54) is 10.4 Å². The first-order valence-electron chi connectivity index (χ1n) is 5.44. The lowest BCUT2D eigenvalue weighted by Gasteiger charge is -2.11. The molecule has 0 aromatic carbocycles. The van der Waals surface area contributed by atoms with Gasteiger partial charge in [-0.2, -0.15) is 4.98 Å². The fraction of sp³-hybridized carbons (Fsp3) is 0.333. The zero-order valence-electron chi connectivity index (χ0n) is 10.3. The van der Waals surface area contributed by atoms with Crippen LogP contribution < -0.4 is 10.2 Å². The van der Waals surface area contributed by atoms with Crippen molar-refractivity contribution in [2.45, 2.75) is 13.5 Å². The van der Waals surface area contributed by atoms with E-state index in [1.807, 2.05) is 25.1 Å². The summed E-state index contributed by atoms with van der Waals surface area (Å²) in [6.45, 7) is 2.94. The average Bonchev–Trinajstić information content (AvgIpc) is 2.72. The summed E-state index contributed by atoms with van der Waals surface area (Å²) >= 11 is 1.76. The minimum Gasteiger partial charge on any atom is -0.365 e. The molecule has 0 aliphatic carbocycles. The third-order valence-corrected chi connectivity index (χ3v) is 3.46. The first-order chi connectivity index (χ1) is 8.16. The molecule has 0 aliphatic heterocycles. The van der Waals surface area contributed by atoms with Gasteiger partial charge in [0.25, 0.3) is 0 Å². The predicted octanol–water partition coefficient (Wildman–Crippen LogP) is 2.52. The lowest BCUT2D eigenvalue weighted by Crippen LogP contribution is -2.13. The summed E-state index contributed by atoms with van der Waals surface area (Å²) in [6.07, 6.45) is 1.77. The average molecular weight is 248 g/mol. The molecule has 0 bridgehead atoms. The van der Waals surface area contributed by atoms with Gasteiger partial charge in [0.05, 0.1) is 6.54 Å². The Balaban J connectivity index is 2.04. The predicted molar refractivity (Wildman–Crippen MR) is 72.7 cm³/mol. The maximum atomic E-state index is 4.41. The standard InChI is InChI=1S/C12H16N4S/c1-9-5-7-17-10(9)8-14-11-4-6-13-12(15-11)16(2)3/h4-7H,8H2,1-3H3,(H,13,14,15). The number of anilines is 2. The number of aromatic nitrogens is 2. The largest absolute Gasteiger partial charge is 0.365 e. The van der Waals surface area contributed by atoms with Gasteiger partial charge in [-0.15, -0.1) is 11.3 Å². The normalized spacial score (nSPS) is 10.3. The van der Waals surface area contributed by atoms with Crippen molar-refractivity contribution in [3.8, 4) is 0 Å². The van der Waals surface area contributed by atoms with E-state index in [1.54, 1.807) is 17.5 Å². The molecule has 0 radical (unpaired) electrons. The molecule has 0 amide bonds. The smallest absolute Gasteiger partial charge is 0.226 e. The van der Waals surface area contributed by atoms with Crippen LogP contribution in [-0.2, 0) is 6.54 Å². The number of hydrogen-bond acceptors (Lipinski definition) is 5. The van der Waals surface area contributed by atoms with E-state index in [2.05, 4.69) is 33.7 Å². The van der Waals surface area contributed by atoms with Crippen LogP contribution in [0, 0.1) is 6.92 Å². The SMILES string of the molecule is Cc1ccsc1CNc1ccnc(N(C)C)n1. The highest BCUT2D eigenvalue weighted by Gasteiger charge is 2.02. The van der Waals surface area contributed by atoms with E-state index >= 15 is 0 Å². The van der Waals surface area contributed by atoms with Gasteiger partial charge in [0.2, 0.25) is 5.95 Å². The summed E-state index contributed by atoms with van der Waals surface area (Å²) in [5.41, 5.74) is 1.32. The lowest BCUT2D eigenvalue weighted by atomic mass is 10.3. The Morgan fingerprint density at radius 2 is 2.18 bits per heavy atom. The molecule has 0 spiro atoms. The van der Waals surface area contributed by atoms with Gasteiger partial charge in [-0.3, -0.25) is 0 Å². The molecule has 17 heavy (non-hydrogen) atoms. The topological polar surface area (TPSA) is 41.1 Å². The second-order valence-corrected chi connectivity index (χ2v) is 5.02. The zero-order chi connectivity index (χ0) is 12.3. The molecule has 2 heterocycles. The summed E-state index contributed by atoms with van der Waals surface area (Å²) in [4.78, 5) is 11.8. The fourth-order valence-electron chi connectivity index (χ4n) is 1.42. The van der Waals surface area contributed by atoms with Crippen molar-refractivity contribution in [2.75, 3.05) is 24.3 Å². The van der Waals surface area contributed by atoms with Crippen LogP contribution in [0.3, 0.4) is 0 Å². The van der Waals surface area contributed by atoms with Crippen LogP contribution in [-0.4, -0.2) is 24.1 Å². The van der Waals surface area contributed by atoms with E-state index in [-0.39, 0.29) is 0 Å². The van der Waals surface area contributed by atoms with Crippen LogP contribution in [0.25, 0.3) is 0 Å². The van der Waals surface area contributed by atoms with Crippen molar-refractivity contribution in [1.29, 1.82) is 0 Å². The van der Waals surface area contributed by atoms with Gasteiger partial charge in [-0.1, -0.05) is 0 Å². The zero-order valence-corrected chi connectivity index (χ0v) is 11.1. The molecule has 0 saturated heterocycles. The molecule has 2 aromatic rings. The summed E-state index contributed by atoms with van der Waals surface area (Å²) in [5.74, 6) is 1.58. The van der Waals surface area contributed by atoms with Crippen molar-refractivity contribution < 1.29 is 0 Å². The summed E-state index contributed by atoms with van der Waals surface area (Å²) in [7, 11) is 3.87. The quantitative estimate of drug-likeness (QED) is 0.902. The second kappa shape index (κ2) is 5.14. The Morgan fingerprint density at radius 1 is 1.35 bits per heavy atom. The number of aryl methyl sites for hydroxylation is 1. The van der Waals surface area contributed by atoms with Crippen LogP contribution >= 0.6 is 11.3 Å². The minimum atomic E-state index is 0.720. The molecule has 0 unspecified atom stereocenters. The molecular formula is C12H16N4S. The number of rotatable bonds is 4. The molecule has 90 valence electrons. The number of hydrogen-bond donors (Lipinski definition) is 1. The van der Waals surface area contributed by atoms with Gasteiger partial charge in [0.15, 0.2) is 0 Å². The van der Waals surface area contributed by atoms with E-state index in [0.29, 0.717) is 0 Å². The van der Waals surface area contributed by atoms with Gasteiger partial charge in [-0.25, -0.2) is 4.98 Å². The summed E-state index contributed by atoms with van der Waals surface area (Å²) in [6, 6.07) is 4.02.